The molecule has 0 spiro atoms. The molecular formula is C9H7BrF3NO3S. The van der Waals surface area contributed by atoms with Crippen molar-refractivity contribution in [1.29, 1.82) is 0 Å². The Balaban J connectivity index is 3.33. The molecule has 0 amide bonds. The first kappa shape index (κ1) is 15.0. The zero-order chi connectivity index (χ0) is 14.1. The lowest BCUT2D eigenvalue weighted by molar-refractivity contribution is -0.0429. The first-order valence-corrected chi connectivity index (χ1v) is 6.71. The molecule has 0 bridgehead atoms. The molecule has 1 aromatic carbocycles. The number of carbonyl (C=O) groups excluding carboxylic acids is 1. The Kier molecular flexibility index (Phi) is 4.06. The van der Waals surface area contributed by atoms with Crippen LogP contribution >= 0.6 is 15.9 Å². The predicted octanol–water partition coefficient (Wildman–Crippen LogP) is 2.83. The fraction of sp³-hybridized carbons (Fsp3) is 0.222. The number of rotatable bonds is 3. The van der Waals surface area contributed by atoms with Gasteiger partial charge in [-0.15, -0.1) is 0 Å². The van der Waals surface area contributed by atoms with Crippen LogP contribution in [0.5, 0.6) is 0 Å². The number of sulfonamides is 1. The zero-order valence-electron chi connectivity index (χ0n) is 8.88. The van der Waals surface area contributed by atoms with Crippen LogP contribution in [0.15, 0.2) is 16.6 Å². The van der Waals surface area contributed by atoms with Crippen LogP contribution in [-0.4, -0.2) is 20.2 Å². The molecule has 0 atom stereocenters. The Morgan fingerprint density at radius 3 is 2.33 bits per heavy atom. The number of carbonyl (C=O) groups is 1. The second kappa shape index (κ2) is 4.88. The van der Waals surface area contributed by atoms with Crippen LogP contribution in [-0.2, 0) is 10.0 Å². The van der Waals surface area contributed by atoms with E-state index in [9.17, 15) is 26.4 Å². The Bertz CT molecular complexity index is 583. The van der Waals surface area contributed by atoms with Gasteiger partial charge in [0.2, 0.25) is 0 Å². The van der Waals surface area contributed by atoms with Gasteiger partial charge in [0.25, 0.3) is 0 Å². The molecule has 0 fully saturated rings. The van der Waals surface area contributed by atoms with Crippen LogP contribution in [0.3, 0.4) is 0 Å². The lowest BCUT2D eigenvalue weighted by Crippen LogP contribution is -2.30. The fourth-order valence-electron chi connectivity index (χ4n) is 1.14. The first-order valence-electron chi connectivity index (χ1n) is 4.43. The summed E-state index contributed by atoms with van der Waals surface area (Å²) in [6, 6.07) is 2.64. The van der Waals surface area contributed by atoms with Gasteiger partial charge in [-0.3, -0.25) is 9.52 Å². The average molecular weight is 346 g/mol. The van der Waals surface area contributed by atoms with Gasteiger partial charge in [-0.2, -0.15) is 21.6 Å². The van der Waals surface area contributed by atoms with Crippen molar-refractivity contribution in [2.75, 3.05) is 4.72 Å². The second-order valence-electron chi connectivity index (χ2n) is 3.31. The molecule has 0 aliphatic rings. The Morgan fingerprint density at radius 1 is 1.33 bits per heavy atom. The molecule has 0 saturated carbocycles. The van der Waals surface area contributed by atoms with E-state index in [0.717, 1.165) is 0 Å². The molecule has 1 N–H and O–H groups in total. The predicted molar refractivity (Wildman–Crippen MR) is 62.9 cm³/mol. The number of nitrogens with one attached hydrogen (secondary N) is 1. The lowest BCUT2D eigenvalue weighted by atomic mass is 10.1. The van der Waals surface area contributed by atoms with Gasteiger partial charge in [0.1, 0.15) is 6.29 Å². The molecule has 0 aliphatic heterocycles. The van der Waals surface area contributed by atoms with Crippen molar-refractivity contribution < 1.29 is 26.4 Å². The highest BCUT2D eigenvalue weighted by Gasteiger charge is 2.46. The van der Waals surface area contributed by atoms with E-state index in [4.69, 9.17) is 0 Å². The summed E-state index contributed by atoms with van der Waals surface area (Å²) in [6.45, 7) is 1.34. The number of benzene rings is 1. The van der Waals surface area contributed by atoms with Crippen LogP contribution in [0.2, 0.25) is 0 Å². The summed E-state index contributed by atoms with van der Waals surface area (Å²) in [5.74, 6) is 0. The van der Waals surface area contributed by atoms with E-state index in [2.05, 4.69) is 15.9 Å². The minimum absolute atomic E-state index is 0.0954. The van der Waals surface area contributed by atoms with Crippen LogP contribution in [0.4, 0.5) is 18.9 Å². The lowest BCUT2D eigenvalue weighted by Gasteiger charge is -2.14. The third kappa shape index (κ3) is 2.83. The summed E-state index contributed by atoms with van der Waals surface area (Å²) >= 11 is 2.92. The highest BCUT2D eigenvalue weighted by Crippen LogP contribution is 2.32. The number of hydrogen-bond donors (Lipinski definition) is 1. The van der Waals surface area contributed by atoms with Crippen LogP contribution in [0.25, 0.3) is 0 Å². The maximum Gasteiger partial charge on any atom is 0.516 e. The molecule has 4 nitrogen and oxygen atoms in total. The van der Waals surface area contributed by atoms with E-state index in [1.54, 1.807) is 0 Å². The van der Waals surface area contributed by atoms with Gasteiger partial charge >= 0.3 is 15.5 Å². The van der Waals surface area contributed by atoms with Crippen molar-refractivity contribution in [1.82, 2.24) is 0 Å². The van der Waals surface area contributed by atoms with E-state index in [1.807, 2.05) is 0 Å². The highest BCUT2D eigenvalue weighted by molar-refractivity contribution is 9.10. The SMILES string of the molecule is Cc1c(C=O)ccc(Br)c1NS(=O)(=O)C(F)(F)F. The van der Waals surface area contributed by atoms with Gasteiger partial charge in [-0.25, -0.2) is 0 Å². The molecule has 1 aromatic rings. The van der Waals surface area contributed by atoms with Crippen molar-refractivity contribution in [2.45, 2.75) is 12.4 Å². The van der Waals surface area contributed by atoms with Crippen LogP contribution in [0, 0.1) is 6.92 Å². The van der Waals surface area contributed by atoms with Gasteiger partial charge in [-0.05, 0) is 34.5 Å². The smallest absolute Gasteiger partial charge is 0.298 e. The van der Waals surface area contributed by atoms with Gasteiger partial charge in [0.15, 0.2) is 0 Å². The van der Waals surface area contributed by atoms with E-state index >= 15 is 0 Å². The van der Waals surface area contributed by atoms with E-state index in [1.165, 1.54) is 23.8 Å². The summed E-state index contributed by atoms with van der Waals surface area (Å²) < 4.78 is 60.2. The molecule has 0 aliphatic carbocycles. The second-order valence-corrected chi connectivity index (χ2v) is 5.83. The van der Waals surface area contributed by atoms with Gasteiger partial charge in [0.05, 0.1) is 5.69 Å². The number of halogens is 4. The third-order valence-corrected chi connectivity index (χ3v) is 3.87. The van der Waals surface area contributed by atoms with Crippen molar-refractivity contribution in [3.63, 3.8) is 0 Å². The Hall–Kier alpha value is -1.09. The normalized spacial score (nSPS) is 12.3. The molecule has 0 aromatic heterocycles. The van der Waals surface area contributed by atoms with Gasteiger partial charge in [0, 0.05) is 10.0 Å². The molecule has 0 heterocycles. The zero-order valence-corrected chi connectivity index (χ0v) is 11.3. The van der Waals surface area contributed by atoms with Crippen molar-refractivity contribution in [3.8, 4) is 0 Å². The minimum Gasteiger partial charge on any atom is -0.298 e. The Labute approximate surface area is 109 Å². The maximum absolute atomic E-state index is 12.2. The first-order chi connectivity index (χ1) is 8.10. The Morgan fingerprint density at radius 2 is 1.89 bits per heavy atom. The van der Waals surface area contributed by atoms with Crippen molar-refractivity contribution in [3.05, 3.63) is 27.7 Å². The summed E-state index contributed by atoms with van der Waals surface area (Å²) in [5, 5.41) is 0. The molecule has 0 saturated heterocycles. The summed E-state index contributed by atoms with van der Waals surface area (Å²) in [4.78, 5) is 10.6. The highest BCUT2D eigenvalue weighted by atomic mass is 79.9. The molecule has 1 rings (SSSR count). The summed E-state index contributed by atoms with van der Waals surface area (Å²) in [7, 11) is -5.52. The maximum atomic E-state index is 12.2. The van der Waals surface area contributed by atoms with Gasteiger partial charge < -0.3 is 0 Å². The fourth-order valence-corrected chi connectivity index (χ4v) is 2.45. The van der Waals surface area contributed by atoms with Crippen molar-refractivity contribution in [2.24, 2.45) is 0 Å². The van der Waals surface area contributed by atoms with Crippen LogP contribution < -0.4 is 4.72 Å². The largest absolute Gasteiger partial charge is 0.516 e. The average Bonchev–Trinajstić information content (AvgIpc) is 2.23. The standard InChI is InChI=1S/C9H7BrF3NO3S/c1-5-6(4-15)2-3-7(10)8(5)14-18(16,17)9(11,12)13/h2-4,14H,1H3. The van der Waals surface area contributed by atoms with E-state index < -0.39 is 15.5 Å². The van der Waals surface area contributed by atoms with E-state index in [0.29, 0.717) is 6.29 Å². The number of hydrogen-bond acceptors (Lipinski definition) is 3. The molecule has 0 unspecified atom stereocenters. The van der Waals surface area contributed by atoms with Crippen molar-refractivity contribution >= 4 is 37.9 Å². The number of aldehydes is 1. The minimum atomic E-state index is -5.52. The molecule has 100 valence electrons. The van der Waals surface area contributed by atoms with E-state index in [-0.39, 0.29) is 21.3 Å². The number of alkyl halides is 3. The summed E-state index contributed by atoms with van der Waals surface area (Å²) in [6.07, 6.45) is 0.424. The molecular weight excluding hydrogens is 339 g/mol. The topological polar surface area (TPSA) is 63.2 Å². The molecule has 9 heteroatoms. The van der Waals surface area contributed by atoms with Crippen LogP contribution in [0.1, 0.15) is 15.9 Å². The quantitative estimate of drug-likeness (QED) is 0.856. The summed E-state index contributed by atoms with van der Waals surface area (Å²) in [5.41, 5.74) is -5.53. The van der Waals surface area contributed by atoms with Gasteiger partial charge in [-0.1, -0.05) is 6.07 Å². The number of anilines is 1. The third-order valence-electron chi connectivity index (χ3n) is 2.12. The molecule has 18 heavy (non-hydrogen) atoms. The monoisotopic (exact) mass is 345 g/mol. The molecule has 0 radical (unpaired) electrons.